The van der Waals surface area contributed by atoms with Crippen molar-refractivity contribution < 1.29 is 24.5 Å². The van der Waals surface area contributed by atoms with Gasteiger partial charge in [0.15, 0.2) is 17.3 Å². The minimum absolute atomic E-state index is 0.0331. The maximum absolute atomic E-state index is 12.7. The Morgan fingerprint density at radius 1 is 1.27 bits per heavy atom. The highest BCUT2D eigenvalue weighted by atomic mass is 16.5. The normalized spacial score (nSPS) is 15.1. The molecule has 0 unspecified atom stereocenters. The Morgan fingerprint density at radius 3 is 2.73 bits per heavy atom. The molecule has 2 aromatic carbocycles. The smallest absolute Gasteiger partial charge is 0.167 e. The Morgan fingerprint density at radius 2 is 2.04 bits per heavy atom. The van der Waals surface area contributed by atoms with Gasteiger partial charge in [0.1, 0.15) is 11.4 Å². The topological polar surface area (TPSA) is 76.0 Å². The summed E-state index contributed by atoms with van der Waals surface area (Å²) >= 11 is 0. The second-order valence-corrected chi connectivity index (χ2v) is 7.25. The number of Topliss-reactive ketones (excluding diaryl/α,β-unsaturated/α-hetero) is 1. The van der Waals surface area contributed by atoms with Crippen LogP contribution in [0.25, 0.3) is 0 Å². The molecule has 2 N–H and O–H groups in total. The number of ether oxygens (including phenoxy) is 2. The lowest BCUT2D eigenvalue weighted by Gasteiger charge is -2.32. The fourth-order valence-corrected chi connectivity index (χ4v) is 3.23. The number of carbonyl (C=O) groups excluding carboxylic acids is 1. The lowest BCUT2D eigenvalue weighted by Crippen LogP contribution is -2.32. The van der Waals surface area contributed by atoms with Crippen LogP contribution in [0.15, 0.2) is 30.3 Å². The van der Waals surface area contributed by atoms with Crippen LogP contribution in [0.1, 0.15) is 47.3 Å². The number of fused-ring (bicyclic) bond motifs is 1. The Hall–Kier alpha value is -2.53. The van der Waals surface area contributed by atoms with E-state index in [2.05, 4.69) is 13.8 Å². The summed E-state index contributed by atoms with van der Waals surface area (Å²) in [6, 6.07) is 8.79. The highest BCUT2D eigenvalue weighted by Crippen LogP contribution is 2.34. The van der Waals surface area contributed by atoms with Gasteiger partial charge < -0.3 is 19.7 Å². The molecule has 0 saturated heterocycles. The van der Waals surface area contributed by atoms with Crippen molar-refractivity contribution in [1.29, 1.82) is 0 Å². The van der Waals surface area contributed by atoms with Gasteiger partial charge >= 0.3 is 0 Å². The summed E-state index contributed by atoms with van der Waals surface area (Å²) in [5.41, 5.74) is 2.53. The van der Waals surface area contributed by atoms with Crippen molar-refractivity contribution >= 4 is 5.78 Å². The van der Waals surface area contributed by atoms with Gasteiger partial charge in [-0.05, 0) is 68.1 Å². The molecule has 0 aromatic heterocycles. The molecule has 1 heterocycles. The third-order valence-corrected chi connectivity index (χ3v) is 4.73. The van der Waals surface area contributed by atoms with E-state index in [-0.39, 0.29) is 35.9 Å². The number of carbonyl (C=O) groups is 1. The van der Waals surface area contributed by atoms with Crippen molar-refractivity contribution in [3.8, 4) is 17.2 Å². The fraction of sp³-hybridized carbons (Fsp3) is 0.381. The minimum Gasteiger partial charge on any atom is -0.504 e. The summed E-state index contributed by atoms with van der Waals surface area (Å²) in [6.45, 7) is 3.80. The SMILES string of the molecule is COc1cc(CC(=O)c2ccc3c(c2)CCC(C)(C)O3)cc(CO)c1O. The largest absolute Gasteiger partial charge is 0.504 e. The molecule has 0 fully saturated rings. The molecule has 138 valence electrons. The van der Waals surface area contributed by atoms with E-state index in [1.54, 1.807) is 18.2 Å². The van der Waals surface area contributed by atoms with Crippen LogP contribution in [0, 0.1) is 0 Å². The molecule has 1 aliphatic rings. The Balaban J connectivity index is 1.83. The molecule has 0 bridgehead atoms. The summed E-state index contributed by atoms with van der Waals surface area (Å²) in [5.74, 6) is 0.959. The van der Waals surface area contributed by atoms with Crippen molar-refractivity contribution in [1.82, 2.24) is 0 Å². The zero-order valence-electron chi connectivity index (χ0n) is 15.3. The summed E-state index contributed by atoms with van der Waals surface area (Å²) in [7, 11) is 1.44. The number of ketones is 1. The van der Waals surface area contributed by atoms with E-state index < -0.39 is 0 Å². The molecular formula is C21H24O5. The van der Waals surface area contributed by atoms with Crippen LogP contribution in [0.4, 0.5) is 0 Å². The minimum atomic E-state index is -0.323. The second-order valence-electron chi connectivity index (χ2n) is 7.25. The lowest BCUT2D eigenvalue weighted by atomic mass is 9.92. The van der Waals surface area contributed by atoms with E-state index in [4.69, 9.17) is 9.47 Å². The van der Waals surface area contributed by atoms with Crippen molar-refractivity contribution in [3.05, 3.63) is 52.6 Å². The molecular weight excluding hydrogens is 332 g/mol. The van der Waals surface area contributed by atoms with Gasteiger partial charge in [0.05, 0.1) is 13.7 Å². The van der Waals surface area contributed by atoms with E-state index >= 15 is 0 Å². The van der Waals surface area contributed by atoms with E-state index in [1.165, 1.54) is 7.11 Å². The van der Waals surface area contributed by atoms with Gasteiger partial charge in [-0.2, -0.15) is 0 Å². The van der Waals surface area contributed by atoms with Gasteiger partial charge in [0, 0.05) is 17.5 Å². The van der Waals surface area contributed by atoms with Gasteiger partial charge in [-0.3, -0.25) is 4.79 Å². The van der Waals surface area contributed by atoms with Gasteiger partial charge in [-0.15, -0.1) is 0 Å². The molecule has 5 heteroatoms. The number of hydrogen-bond acceptors (Lipinski definition) is 5. The molecule has 26 heavy (non-hydrogen) atoms. The highest BCUT2D eigenvalue weighted by molar-refractivity contribution is 5.98. The molecule has 0 aliphatic carbocycles. The fourth-order valence-electron chi connectivity index (χ4n) is 3.23. The maximum atomic E-state index is 12.7. The molecule has 3 rings (SSSR count). The van der Waals surface area contributed by atoms with Gasteiger partial charge in [0.2, 0.25) is 0 Å². The first-order valence-corrected chi connectivity index (χ1v) is 8.68. The zero-order valence-corrected chi connectivity index (χ0v) is 15.3. The number of aliphatic hydroxyl groups is 1. The predicted molar refractivity (Wildman–Crippen MR) is 98.1 cm³/mol. The first-order chi connectivity index (χ1) is 12.3. The molecule has 1 aliphatic heterocycles. The first-order valence-electron chi connectivity index (χ1n) is 8.68. The van der Waals surface area contributed by atoms with Gasteiger partial charge in [-0.1, -0.05) is 0 Å². The summed E-state index contributed by atoms with van der Waals surface area (Å²) in [4.78, 5) is 12.7. The van der Waals surface area contributed by atoms with Gasteiger partial charge in [-0.25, -0.2) is 0 Å². The van der Waals surface area contributed by atoms with Crippen LogP contribution in [0.2, 0.25) is 0 Å². The second kappa shape index (κ2) is 7.00. The van der Waals surface area contributed by atoms with Crippen molar-refractivity contribution in [2.24, 2.45) is 0 Å². The van der Waals surface area contributed by atoms with Gasteiger partial charge in [0.25, 0.3) is 0 Å². The summed E-state index contributed by atoms with van der Waals surface area (Å²) in [5, 5.41) is 19.3. The average Bonchev–Trinajstić information content (AvgIpc) is 2.61. The van der Waals surface area contributed by atoms with Crippen LogP contribution >= 0.6 is 0 Å². The Bertz CT molecular complexity index is 813. The number of aromatic hydroxyl groups is 1. The average molecular weight is 356 g/mol. The standard InChI is InChI=1S/C21H24O5/c1-21(2)7-6-15-11-14(4-5-18(15)26-21)17(23)9-13-8-16(12-22)20(24)19(10-13)25-3/h4-5,8,10-11,22,24H,6-7,9,12H2,1-3H3. The molecule has 5 nitrogen and oxygen atoms in total. The van der Waals surface area contributed by atoms with E-state index in [9.17, 15) is 15.0 Å². The van der Waals surface area contributed by atoms with Crippen LogP contribution in [-0.2, 0) is 19.4 Å². The maximum Gasteiger partial charge on any atom is 0.167 e. The molecule has 0 saturated carbocycles. The number of methoxy groups -OCH3 is 1. The van der Waals surface area contributed by atoms with Crippen LogP contribution < -0.4 is 9.47 Å². The van der Waals surface area contributed by atoms with Crippen molar-refractivity contribution in [3.63, 3.8) is 0 Å². The third-order valence-electron chi connectivity index (χ3n) is 4.73. The Kier molecular flexibility index (Phi) is 4.92. The summed E-state index contributed by atoms with van der Waals surface area (Å²) < 4.78 is 11.1. The number of aryl methyl sites for hydroxylation is 1. The third kappa shape index (κ3) is 3.68. The van der Waals surface area contributed by atoms with Crippen LogP contribution in [-0.4, -0.2) is 28.7 Å². The van der Waals surface area contributed by atoms with Crippen molar-refractivity contribution in [2.45, 2.75) is 45.3 Å². The number of rotatable bonds is 5. The predicted octanol–water partition coefficient (Wildman–Crippen LogP) is 3.42. The molecule has 2 aromatic rings. The first kappa shape index (κ1) is 18.3. The number of phenols is 1. The number of aliphatic hydroxyl groups excluding tert-OH is 1. The molecule has 0 radical (unpaired) electrons. The van der Waals surface area contributed by atoms with E-state index in [0.29, 0.717) is 16.7 Å². The van der Waals surface area contributed by atoms with E-state index in [0.717, 1.165) is 24.2 Å². The molecule has 0 atom stereocenters. The Labute approximate surface area is 153 Å². The van der Waals surface area contributed by atoms with Crippen LogP contribution in [0.5, 0.6) is 17.2 Å². The summed E-state index contributed by atoms with van der Waals surface area (Å²) in [6.07, 6.45) is 1.95. The quantitative estimate of drug-likeness (QED) is 0.803. The zero-order chi connectivity index (χ0) is 18.9. The molecule has 0 spiro atoms. The van der Waals surface area contributed by atoms with Crippen molar-refractivity contribution in [2.75, 3.05) is 7.11 Å². The monoisotopic (exact) mass is 356 g/mol. The van der Waals surface area contributed by atoms with E-state index in [1.807, 2.05) is 12.1 Å². The highest BCUT2D eigenvalue weighted by Gasteiger charge is 2.27. The van der Waals surface area contributed by atoms with Crippen LogP contribution in [0.3, 0.4) is 0 Å². The number of hydrogen-bond donors (Lipinski definition) is 2. The molecule has 0 amide bonds. The lowest BCUT2D eigenvalue weighted by molar-refractivity contribution is 0.0846. The number of benzene rings is 2.